The molecular weight excluding hydrogens is 495 g/mol. The van der Waals surface area contributed by atoms with Gasteiger partial charge >= 0.3 is 11.9 Å². The fraction of sp³-hybridized carbons (Fsp3) is 0.400. The highest BCUT2D eigenvalue weighted by molar-refractivity contribution is 6.30. The van der Waals surface area contributed by atoms with Crippen LogP contribution in [0, 0.1) is 0 Å². The lowest BCUT2D eigenvalue weighted by molar-refractivity contribution is -0.137. The van der Waals surface area contributed by atoms with E-state index in [-0.39, 0.29) is 18.8 Å². The van der Waals surface area contributed by atoms with Crippen LogP contribution in [0.1, 0.15) is 49.3 Å². The lowest BCUT2D eigenvalue weighted by Crippen LogP contribution is -2.40. The molecular formula is C25H27ClF3N5O2. The molecule has 7 nitrogen and oxygen atoms in total. The number of hydrogen-bond acceptors (Lipinski definition) is 3. The molecule has 11 heteroatoms. The molecule has 3 heterocycles. The Balaban J connectivity index is 1.46. The average Bonchev–Trinajstić information content (AvgIpc) is 3.44. The number of alkyl halides is 3. The minimum Gasteiger partial charge on any atom is -0.340 e. The van der Waals surface area contributed by atoms with Crippen molar-refractivity contribution in [2.24, 2.45) is 0 Å². The van der Waals surface area contributed by atoms with E-state index in [1.807, 2.05) is 0 Å². The molecule has 0 amide bonds. The largest absolute Gasteiger partial charge is 0.416 e. The molecule has 0 radical (unpaired) electrons. The van der Waals surface area contributed by atoms with E-state index in [1.165, 1.54) is 10.6 Å². The Bertz CT molecular complexity index is 1470. The van der Waals surface area contributed by atoms with Gasteiger partial charge in [-0.05, 0) is 48.6 Å². The van der Waals surface area contributed by atoms with E-state index in [9.17, 15) is 22.8 Å². The molecule has 0 unspecified atom stereocenters. The second kappa shape index (κ2) is 10.8. The third-order valence-electron chi connectivity index (χ3n) is 6.09. The van der Waals surface area contributed by atoms with E-state index in [1.54, 1.807) is 33.8 Å². The van der Waals surface area contributed by atoms with Crippen LogP contribution in [0.25, 0.3) is 11.0 Å². The van der Waals surface area contributed by atoms with Crippen LogP contribution in [-0.4, -0.2) is 23.9 Å². The van der Waals surface area contributed by atoms with E-state index in [0.717, 1.165) is 37.0 Å². The summed E-state index contributed by atoms with van der Waals surface area (Å²) in [7, 11) is 0. The molecule has 0 atom stereocenters. The van der Waals surface area contributed by atoms with Crippen LogP contribution in [0.2, 0.25) is 5.15 Å². The standard InChI is InChI=1S/C25H27ClF3N5O2/c1-2-3-4-10-33-20-13-21(26)31-22(20)23(35)34(24(33)36)11-6-8-18-14-30-32(16-18)15-17-7-5-9-19(12-17)25(27,28)29/h5,7,9,12-14,16,31H,2-4,6,8,10-11,15H2,1H3. The Morgan fingerprint density at radius 1 is 1.03 bits per heavy atom. The first-order chi connectivity index (χ1) is 17.2. The van der Waals surface area contributed by atoms with Crippen molar-refractivity contribution in [1.29, 1.82) is 0 Å². The first-order valence-corrected chi connectivity index (χ1v) is 12.2. The van der Waals surface area contributed by atoms with Gasteiger partial charge in [0.15, 0.2) is 0 Å². The molecule has 0 spiro atoms. The first kappa shape index (κ1) is 25.8. The van der Waals surface area contributed by atoms with E-state index >= 15 is 0 Å². The molecule has 0 aliphatic carbocycles. The van der Waals surface area contributed by atoms with Gasteiger partial charge in [-0.2, -0.15) is 18.3 Å². The number of H-pyrrole nitrogens is 1. The maximum absolute atomic E-state index is 13.1. The number of rotatable bonds is 10. The summed E-state index contributed by atoms with van der Waals surface area (Å²) in [5, 5.41) is 4.55. The third kappa shape index (κ3) is 5.75. The fourth-order valence-corrected chi connectivity index (χ4v) is 4.49. The summed E-state index contributed by atoms with van der Waals surface area (Å²) in [5.74, 6) is 0. The van der Waals surface area contributed by atoms with E-state index < -0.39 is 17.3 Å². The molecule has 3 aromatic heterocycles. The molecule has 1 aromatic carbocycles. The van der Waals surface area contributed by atoms with Crippen molar-refractivity contribution in [3.8, 4) is 0 Å². The van der Waals surface area contributed by atoms with Crippen molar-refractivity contribution in [3.63, 3.8) is 0 Å². The zero-order chi connectivity index (χ0) is 25.9. The number of benzene rings is 1. The number of aromatic amines is 1. The Morgan fingerprint density at radius 3 is 2.56 bits per heavy atom. The van der Waals surface area contributed by atoms with Crippen LogP contribution >= 0.6 is 11.6 Å². The normalized spacial score (nSPS) is 12.0. The maximum Gasteiger partial charge on any atom is 0.416 e. The molecule has 0 saturated heterocycles. The number of aromatic nitrogens is 5. The minimum atomic E-state index is -4.40. The van der Waals surface area contributed by atoms with Gasteiger partial charge in [0.1, 0.15) is 10.7 Å². The quantitative estimate of drug-likeness (QED) is 0.290. The third-order valence-corrected chi connectivity index (χ3v) is 6.30. The Morgan fingerprint density at radius 2 is 1.81 bits per heavy atom. The Hall–Kier alpha value is -3.27. The highest BCUT2D eigenvalue weighted by Crippen LogP contribution is 2.29. The number of halogens is 4. The summed E-state index contributed by atoms with van der Waals surface area (Å²) in [6.45, 7) is 3.00. The number of nitrogens with zero attached hydrogens (tertiary/aromatic N) is 4. The van der Waals surface area contributed by atoms with Crippen LogP contribution in [0.5, 0.6) is 0 Å². The van der Waals surface area contributed by atoms with E-state index in [0.29, 0.717) is 41.1 Å². The Labute approximate surface area is 210 Å². The van der Waals surface area contributed by atoms with Crippen LogP contribution in [0.4, 0.5) is 13.2 Å². The summed E-state index contributed by atoms with van der Waals surface area (Å²) in [6, 6.07) is 6.76. The zero-order valence-corrected chi connectivity index (χ0v) is 20.6. The van der Waals surface area contributed by atoms with Crippen molar-refractivity contribution in [2.45, 2.75) is 64.8 Å². The molecule has 4 aromatic rings. The van der Waals surface area contributed by atoms with Gasteiger partial charge in [-0.3, -0.25) is 18.6 Å². The lowest BCUT2D eigenvalue weighted by Gasteiger charge is -2.12. The monoisotopic (exact) mass is 521 g/mol. The van der Waals surface area contributed by atoms with Crippen LogP contribution in [0.15, 0.2) is 52.3 Å². The summed E-state index contributed by atoms with van der Waals surface area (Å²) >= 11 is 6.08. The van der Waals surface area contributed by atoms with Crippen LogP contribution in [0.3, 0.4) is 0 Å². The van der Waals surface area contributed by atoms with Gasteiger partial charge in [0.25, 0.3) is 5.56 Å². The summed E-state index contributed by atoms with van der Waals surface area (Å²) in [5.41, 5.74) is 0.713. The molecule has 0 aliphatic rings. The van der Waals surface area contributed by atoms with Crippen molar-refractivity contribution >= 4 is 22.6 Å². The summed E-state index contributed by atoms with van der Waals surface area (Å²) in [4.78, 5) is 28.9. The zero-order valence-electron chi connectivity index (χ0n) is 19.8. The van der Waals surface area contributed by atoms with Crippen molar-refractivity contribution in [3.05, 3.63) is 85.4 Å². The molecule has 4 rings (SSSR count). The molecule has 36 heavy (non-hydrogen) atoms. The van der Waals surface area contributed by atoms with Crippen molar-refractivity contribution < 1.29 is 13.2 Å². The van der Waals surface area contributed by atoms with E-state index in [4.69, 9.17) is 11.6 Å². The van der Waals surface area contributed by atoms with Gasteiger partial charge in [-0.15, -0.1) is 0 Å². The van der Waals surface area contributed by atoms with Crippen molar-refractivity contribution in [1.82, 2.24) is 23.9 Å². The number of aryl methyl sites for hydroxylation is 2. The molecule has 0 bridgehead atoms. The van der Waals surface area contributed by atoms with Gasteiger partial charge in [-0.25, -0.2) is 4.79 Å². The van der Waals surface area contributed by atoms with Crippen LogP contribution < -0.4 is 11.2 Å². The highest BCUT2D eigenvalue weighted by atomic mass is 35.5. The minimum absolute atomic E-state index is 0.204. The second-order valence-corrected chi connectivity index (χ2v) is 9.23. The topological polar surface area (TPSA) is 77.6 Å². The Kier molecular flexibility index (Phi) is 7.73. The number of nitrogens with one attached hydrogen (secondary N) is 1. The number of unbranched alkanes of at least 4 members (excludes halogenated alkanes) is 2. The highest BCUT2D eigenvalue weighted by Gasteiger charge is 2.30. The van der Waals surface area contributed by atoms with Gasteiger partial charge in [-0.1, -0.05) is 43.5 Å². The van der Waals surface area contributed by atoms with Gasteiger partial charge in [0.05, 0.1) is 23.8 Å². The van der Waals surface area contributed by atoms with Crippen molar-refractivity contribution in [2.75, 3.05) is 0 Å². The van der Waals surface area contributed by atoms with Gasteiger partial charge in [0, 0.05) is 19.3 Å². The summed E-state index contributed by atoms with van der Waals surface area (Å²) < 4.78 is 43.3. The predicted octanol–water partition coefficient (Wildman–Crippen LogP) is 5.23. The lowest BCUT2D eigenvalue weighted by atomic mass is 10.1. The molecule has 192 valence electrons. The molecule has 0 fully saturated rings. The van der Waals surface area contributed by atoms with E-state index in [2.05, 4.69) is 17.0 Å². The average molecular weight is 522 g/mol. The SMILES string of the molecule is CCCCCn1c(=O)n(CCCc2cnn(Cc3cccc(C(F)(F)F)c3)c2)c(=O)c2[nH]c(Cl)cc21. The summed E-state index contributed by atoms with van der Waals surface area (Å²) in [6.07, 6.45) is 2.87. The second-order valence-electron chi connectivity index (χ2n) is 8.82. The van der Waals surface area contributed by atoms with Gasteiger partial charge in [0.2, 0.25) is 0 Å². The molecule has 0 aliphatic heterocycles. The molecule has 1 N–H and O–H groups in total. The van der Waals surface area contributed by atoms with Gasteiger partial charge < -0.3 is 4.98 Å². The maximum atomic E-state index is 13.1. The van der Waals surface area contributed by atoms with Crippen LogP contribution in [-0.2, 0) is 32.2 Å². The fourth-order valence-electron chi connectivity index (χ4n) is 4.29. The number of fused-ring (bicyclic) bond motifs is 1. The predicted molar refractivity (Wildman–Crippen MR) is 132 cm³/mol. The number of hydrogen-bond donors (Lipinski definition) is 1. The molecule has 0 saturated carbocycles. The smallest absolute Gasteiger partial charge is 0.340 e. The first-order valence-electron chi connectivity index (χ1n) is 11.9.